The van der Waals surface area contributed by atoms with E-state index in [0.29, 0.717) is 27.7 Å². The van der Waals surface area contributed by atoms with E-state index in [0.717, 1.165) is 5.56 Å². The maximum absolute atomic E-state index is 12.7. The van der Waals surface area contributed by atoms with E-state index in [1.807, 2.05) is 6.07 Å². The number of hydrogen-bond acceptors (Lipinski definition) is 6. The first-order valence-corrected chi connectivity index (χ1v) is 9.85. The number of carbonyl (C=O) groups is 1. The van der Waals surface area contributed by atoms with E-state index < -0.39 is 12.0 Å². The number of benzene rings is 2. The maximum Gasteiger partial charge on any atom is 0.337 e. The second-order valence-electron chi connectivity index (χ2n) is 6.58. The zero-order valence-electron chi connectivity index (χ0n) is 16.0. The molecule has 0 amide bonds. The van der Waals surface area contributed by atoms with Gasteiger partial charge in [0.2, 0.25) is 0 Å². The Bertz CT molecular complexity index is 962. The van der Waals surface area contributed by atoms with Crippen molar-refractivity contribution in [2.45, 2.75) is 25.4 Å². The van der Waals surface area contributed by atoms with Crippen LogP contribution < -0.4 is 15.8 Å². The molecule has 1 aliphatic rings. The Balaban J connectivity index is 2.11. The molecule has 8 heteroatoms. The lowest BCUT2D eigenvalue weighted by atomic mass is 9.87. The van der Waals surface area contributed by atoms with Crippen LogP contribution in [0.25, 0.3) is 0 Å². The fraction of sp³-hybridized carbons (Fsp3) is 0.286. The molecule has 0 spiro atoms. The van der Waals surface area contributed by atoms with Gasteiger partial charge in [0.15, 0.2) is 11.5 Å². The van der Waals surface area contributed by atoms with Crippen LogP contribution in [0.1, 0.15) is 36.6 Å². The number of nitrogens with two attached hydrogens (primary N) is 1. The highest BCUT2D eigenvalue weighted by Gasteiger charge is 2.36. The number of methoxy groups -OCH3 is 1. The van der Waals surface area contributed by atoms with Crippen LogP contribution in [0.5, 0.6) is 11.5 Å². The highest BCUT2D eigenvalue weighted by Crippen LogP contribution is 2.43. The smallest absolute Gasteiger partial charge is 0.337 e. The molecule has 0 fully saturated rings. The zero-order valence-corrected chi connectivity index (χ0v) is 17.6. The summed E-state index contributed by atoms with van der Waals surface area (Å²) in [5.41, 5.74) is 8.19. The quantitative estimate of drug-likeness (QED) is 0.606. The summed E-state index contributed by atoms with van der Waals surface area (Å²) in [7, 11) is 1.46. The number of para-hydroxylation sites is 1. The van der Waals surface area contributed by atoms with Gasteiger partial charge in [-0.15, -0.1) is 0 Å². The minimum Gasteiger partial charge on any atom is -0.504 e. The van der Waals surface area contributed by atoms with Gasteiger partial charge in [0.25, 0.3) is 0 Å². The summed E-state index contributed by atoms with van der Waals surface area (Å²) in [6, 6.07) is 9.26. The molecule has 2 aromatic rings. The fourth-order valence-corrected chi connectivity index (χ4v) is 4.02. The van der Waals surface area contributed by atoms with Gasteiger partial charge in [0, 0.05) is 33.8 Å². The van der Waals surface area contributed by atoms with Crippen molar-refractivity contribution in [2.24, 2.45) is 5.73 Å². The third-order valence-electron chi connectivity index (χ3n) is 4.82. The SMILES string of the molecule is CCOC(=O)C1=C(N)CC(c2ccc(Cl)cc2Cl)NC1c1cccc(OC)c1O. The molecule has 1 aliphatic heterocycles. The highest BCUT2D eigenvalue weighted by atomic mass is 35.5. The van der Waals surface area contributed by atoms with Gasteiger partial charge in [-0.3, -0.25) is 5.32 Å². The van der Waals surface area contributed by atoms with E-state index >= 15 is 0 Å². The molecular formula is C21H22Cl2N2O4. The first kappa shape index (κ1) is 21.3. The van der Waals surface area contributed by atoms with Gasteiger partial charge in [0.1, 0.15) is 0 Å². The van der Waals surface area contributed by atoms with Crippen LogP contribution in [-0.4, -0.2) is 24.8 Å². The molecule has 29 heavy (non-hydrogen) atoms. The number of ether oxygens (including phenoxy) is 2. The van der Waals surface area contributed by atoms with Crippen molar-refractivity contribution in [1.82, 2.24) is 5.32 Å². The van der Waals surface area contributed by atoms with E-state index in [-0.39, 0.29) is 29.7 Å². The predicted molar refractivity (Wildman–Crippen MR) is 112 cm³/mol. The number of esters is 1. The summed E-state index contributed by atoms with van der Waals surface area (Å²) in [6.45, 7) is 1.93. The van der Waals surface area contributed by atoms with E-state index in [4.69, 9.17) is 38.4 Å². The van der Waals surface area contributed by atoms with Crippen LogP contribution in [-0.2, 0) is 9.53 Å². The van der Waals surface area contributed by atoms with Crippen molar-refractivity contribution < 1.29 is 19.4 Å². The van der Waals surface area contributed by atoms with E-state index in [9.17, 15) is 9.90 Å². The first-order chi connectivity index (χ1) is 13.9. The van der Waals surface area contributed by atoms with Crippen molar-refractivity contribution in [1.29, 1.82) is 0 Å². The third kappa shape index (κ3) is 4.29. The molecule has 4 N–H and O–H groups in total. The summed E-state index contributed by atoms with van der Waals surface area (Å²) in [5, 5.41) is 15.1. The third-order valence-corrected chi connectivity index (χ3v) is 5.38. The number of rotatable bonds is 5. The Kier molecular flexibility index (Phi) is 6.57. The molecular weight excluding hydrogens is 415 g/mol. The number of phenols is 1. The molecule has 0 bridgehead atoms. The number of carbonyl (C=O) groups excluding carboxylic acids is 1. The average Bonchev–Trinajstić information content (AvgIpc) is 2.67. The number of phenolic OH excluding ortho intramolecular Hbond substituents is 1. The van der Waals surface area contributed by atoms with Crippen molar-refractivity contribution in [3.8, 4) is 11.5 Å². The van der Waals surface area contributed by atoms with Gasteiger partial charge in [0.05, 0.1) is 25.3 Å². The summed E-state index contributed by atoms with van der Waals surface area (Å²) in [5.74, 6) is -0.326. The summed E-state index contributed by atoms with van der Waals surface area (Å²) >= 11 is 12.4. The fourth-order valence-electron chi connectivity index (χ4n) is 3.48. The molecule has 0 radical (unpaired) electrons. The molecule has 0 saturated carbocycles. The normalized spacial score (nSPS) is 19.2. The van der Waals surface area contributed by atoms with Crippen LogP contribution in [0.2, 0.25) is 10.0 Å². The van der Waals surface area contributed by atoms with Gasteiger partial charge in [-0.2, -0.15) is 0 Å². The van der Waals surface area contributed by atoms with Crippen LogP contribution >= 0.6 is 23.2 Å². The Morgan fingerprint density at radius 1 is 1.28 bits per heavy atom. The van der Waals surface area contributed by atoms with Crippen molar-refractivity contribution >= 4 is 29.2 Å². The number of nitrogens with one attached hydrogen (secondary N) is 1. The largest absolute Gasteiger partial charge is 0.504 e. The average molecular weight is 437 g/mol. The number of aromatic hydroxyl groups is 1. The molecule has 1 heterocycles. The zero-order chi connectivity index (χ0) is 21.1. The van der Waals surface area contributed by atoms with Gasteiger partial charge in [-0.25, -0.2) is 4.79 Å². The minimum absolute atomic E-state index is 0.0787. The Hall–Kier alpha value is -2.41. The van der Waals surface area contributed by atoms with Gasteiger partial charge < -0.3 is 20.3 Å². The molecule has 2 aromatic carbocycles. The van der Waals surface area contributed by atoms with Gasteiger partial charge in [-0.05, 0) is 30.7 Å². The van der Waals surface area contributed by atoms with E-state index in [1.54, 1.807) is 37.3 Å². The summed E-state index contributed by atoms with van der Waals surface area (Å²) in [6.07, 6.45) is 0.344. The van der Waals surface area contributed by atoms with Crippen LogP contribution in [0.15, 0.2) is 47.7 Å². The molecule has 154 valence electrons. The van der Waals surface area contributed by atoms with Crippen LogP contribution in [0, 0.1) is 0 Å². The summed E-state index contributed by atoms with van der Waals surface area (Å²) < 4.78 is 10.4. The highest BCUT2D eigenvalue weighted by molar-refractivity contribution is 6.35. The van der Waals surface area contributed by atoms with Gasteiger partial charge in [-0.1, -0.05) is 41.4 Å². The lowest BCUT2D eigenvalue weighted by Crippen LogP contribution is -2.38. The van der Waals surface area contributed by atoms with Crippen molar-refractivity contribution in [2.75, 3.05) is 13.7 Å². The molecule has 0 aromatic heterocycles. The standard InChI is InChI=1S/C21H22Cl2N2O4/c1-3-29-21(27)18-15(24)10-16(12-8-7-11(22)9-14(12)23)25-19(18)13-5-4-6-17(28-2)20(13)26/h4-9,16,19,25-26H,3,10,24H2,1-2H3. The molecule has 0 saturated heterocycles. The number of hydrogen-bond donors (Lipinski definition) is 3. The molecule has 6 nitrogen and oxygen atoms in total. The van der Waals surface area contributed by atoms with Crippen molar-refractivity contribution in [3.63, 3.8) is 0 Å². The van der Waals surface area contributed by atoms with Crippen LogP contribution in [0.4, 0.5) is 0 Å². The monoisotopic (exact) mass is 436 g/mol. The van der Waals surface area contributed by atoms with Crippen molar-refractivity contribution in [3.05, 3.63) is 68.8 Å². The van der Waals surface area contributed by atoms with Gasteiger partial charge >= 0.3 is 5.97 Å². The lowest BCUT2D eigenvalue weighted by Gasteiger charge is -2.34. The summed E-state index contributed by atoms with van der Waals surface area (Å²) in [4.78, 5) is 12.7. The van der Waals surface area contributed by atoms with Crippen LogP contribution in [0.3, 0.4) is 0 Å². The lowest BCUT2D eigenvalue weighted by molar-refractivity contribution is -0.139. The maximum atomic E-state index is 12.7. The Morgan fingerprint density at radius 3 is 2.69 bits per heavy atom. The minimum atomic E-state index is -0.713. The molecule has 2 atom stereocenters. The molecule has 0 aliphatic carbocycles. The number of halogens is 2. The van der Waals surface area contributed by atoms with E-state index in [1.165, 1.54) is 7.11 Å². The molecule has 2 unspecified atom stereocenters. The first-order valence-electron chi connectivity index (χ1n) is 9.09. The topological polar surface area (TPSA) is 93.8 Å². The Labute approximate surface area is 179 Å². The Morgan fingerprint density at radius 2 is 2.03 bits per heavy atom. The predicted octanol–water partition coefficient (Wildman–Crippen LogP) is 4.26. The second-order valence-corrected chi connectivity index (χ2v) is 7.42. The molecule has 3 rings (SSSR count). The second kappa shape index (κ2) is 8.95. The van der Waals surface area contributed by atoms with E-state index in [2.05, 4.69) is 5.32 Å².